The van der Waals surface area contributed by atoms with Crippen LogP contribution in [-0.4, -0.2) is 14.8 Å². The number of alkyl halides is 1. The second-order valence-electron chi connectivity index (χ2n) is 3.20. The van der Waals surface area contributed by atoms with Crippen molar-refractivity contribution in [1.29, 1.82) is 0 Å². The van der Waals surface area contributed by atoms with Gasteiger partial charge in [-0.05, 0) is 17.7 Å². The van der Waals surface area contributed by atoms with Gasteiger partial charge in [0.2, 0.25) is 0 Å². The van der Waals surface area contributed by atoms with Crippen molar-refractivity contribution in [3.8, 4) is 0 Å². The third-order valence-corrected chi connectivity index (χ3v) is 2.98. The Bertz CT molecular complexity index is 496. The molecule has 0 radical (unpaired) electrons. The smallest absolute Gasteiger partial charge is 0.142 e. The zero-order valence-corrected chi connectivity index (χ0v) is 10.5. The SMILES string of the molecule is ClCc1ncnn1Cc1ccc(Cl)cc1Cl. The lowest BCUT2D eigenvalue weighted by molar-refractivity contribution is 0.656. The monoisotopic (exact) mass is 275 g/mol. The molecule has 6 heteroatoms. The molecule has 0 aliphatic carbocycles. The highest BCUT2D eigenvalue weighted by molar-refractivity contribution is 6.35. The fourth-order valence-electron chi connectivity index (χ4n) is 1.33. The van der Waals surface area contributed by atoms with Crippen LogP contribution in [0.15, 0.2) is 24.5 Å². The Morgan fingerprint density at radius 3 is 2.75 bits per heavy atom. The first-order chi connectivity index (χ1) is 7.70. The molecule has 0 fully saturated rings. The third-order valence-electron chi connectivity index (χ3n) is 2.15. The molecule has 16 heavy (non-hydrogen) atoms. The van der Waals surface area contributed by atoms with Crippen molar-refractivity contribution in [2.24, 2.45) is 0 Å². The topological polar surface area (TPSA) is 30.7 Å². The minimum absolute atomic E-state index is 0.325. The molecule has 2 rings (SSSR count). The number of nitrogens with zero attached hydrogens (tertiary/aromatic N) is 3. The van der Waals surface area contributed by atoms with Gasteiger partial charge in [-0.25, -0.2) is 9.67 Å². The predicted octanol–water partition coefficient (Wildman–Crippen LogP) is 3.37. The van der Waals surface area contributed by atoms with E-state index in [1.54, 1.807) is 16.8 Å². The summed E-state index contributed by atoms with van der Waals surface area (Å²) < 4.78 is 1.71. The van der Waals surface area contributed by atoms with Gasteiger partial charge in [0.05, 0.1) is 12.4 Å². The van der Waals surface area contributed by atoms with Crippen molar-refractivity contribution in [2.75, 3.05) is 0 Å². The molecule has 2 aromatic rings. The molecule has 84 valence electrons. The van der Waals surface area contributed by atoms with E-state index in [1.807, 2.05) is 6.07 Å². The maximum absolute atomic E-state index is 6.06. The third kappa shape index (κ3) is 2.48. The molecule has 0 aliphatic rings. The first kappa shape index (κ1) is 11.7. The number of hydrogen-bond acceptors (Lipinski definition) is 2. The minimum Gasteiger partial charge on any atom is -0.244 e. The van der Waals surface area contributed by atoms with Crippen molar-refractivity contribution in [2.45, 2.75) is 12.4 Å². The lowest BCUT2D eigenvalue weighted by Gasteiger charge is -2.06. The Labute approximate surface area is 108 Å². The van der Waals surface area contributed by atoms with Gasteiger partial charge in [0.15, 0.2) is 0 Å². The van der Waals surface area contributed by atoms with Crippen molar-refractivity contribution < 1.29 is 0 Å². The molecular weight excluding hydrogens is 268 g/mol. The van der Waals surface area contributed by atoms with Crippen molar-refractivity contribution in [3.05, 3.63) is 46.0 Å². The predicted molar refractivity (Wildman–Crippen MR) is 65.1 cm³/mol. The highest BCUT2D eigenvalue weighted by atomic mass is 35.5. The Morgan fingerprint density at radius 2 is 2.06 bits per heavy atom. The summed E-state index contributed by atoms with van der Waals surface area (Å²) in [6.07, 6.45) is 1.47. The fraction of sp³-hybridized carbons (Fsp3) is 0.200. The van der Waals surface area contributed by atoms with E-state index in [9.17, 15) is 0 Å². The molecular formula is C10H8Cl3N3. The van der Waals surface area contributed by atoms with E-state index in [4.69, 9.17) is 34.8 Å². The minimum atomic E-state index is 0.325. The van der Waals surface area contributed by atoms with E-state index in [1.165, 1.54) is 6.33 Å². The zero-order valence-electron chi connectivity index (χ0n) is 8.20. The average molecular weight is 277 g/mol. The Morgan fingerprint density at radius 1 is 1.25 bits per heavy atom. The standard InChI is InChI=1S/C10H8Cl3N3/c11-4-10-14-6-15-16(10)5-7-1-2-8(12)3-9(7)13/h1-3,6H,4-5H2. The maximum atomic E-state index is 6.06. The number of aromatic nitrogens is 3. The molecule has 0 spiro atoms. The molecule has 1 heterocycles. The van der Waals surface area contributed by atoms with E-state index < -0.39 is 0 Å². The van der Waals surface area contributed by atoms with Gasteiger partial charge in [-0.15, -0.1) is 11.6 Å². The van der Waals surface area contributed by atoms with Gasteiger partial charge < -0.3 is 0 Å². The van der Waals surface area contributed by atoms with Crippen LogP contribution >= 0.6 is 34.8 Å². The molecule has 3 nitrogen and oxygen atoms in total. The number of rotatable bonds is 3. The molecule has 0 atom stereocenters. The van der Waals surface area contributed by atoms with Gasteiger partial charge in [-0.2, -0.15) is 5.10 Å². The second-order valence-corrected chi connectivity index (χ2v) is 4.31. The molecule has 0 unspecified atom stereocenters. The van der Waals surface area contributed by atoms with Gasteiger partial charge in [-0.1, -0.05) is 29.3 Å². The summed E-state index contributed by atoms with van der Waals surface area (Å²) in [4.78, 5) is 4.03. The van der Waals surface area contributed by atoms with Crippen LogP contribution in [0, 0.1) is 0 Å². The van der Waals surface area contributed by atoms with Crippen molar-refractivity contribution in [3.63, 3.8) is 0 Å². The summed E-state index contributed by atoms with van der Waals surface area (Å²) >= 11 is 17.6. The van der Waals surface area contributed by atoms with E-state index in [0.29, 0.717) is 28.3 Å². The van der Waals surface area contributed by atoms with Crippen LogP contribution in [0.25, 0.3) is 0 Å². The van der Waals surface area contributed by atoms with Gasteiger partial charge >= 0.3 is 0 Å². The second kappa shape index (κ2) is 5.04. The summed E-state index contributed by atoms with van der Waals surface area (Å²) in [6.45, 7) is 0.540. The van der Waals surface area contributed by atoms with Crippen LogP contribution in [-0.2, 0) is 12.4 Å². The van der Waals surface area contributed by atoms with Gasteiger partial charge in [0, 0.05) is 10.0 Å². The van der Waals surface area contributed by atoms with Crippen molar-refractivity contribution in [1.82, 2.24) is 14.8 Å². The van der Waals surface area contributed by atoms with Crippen LogP contribution < -0.4 is 0 Å². The first-order valence-electron chi connectivity index (χ1n) is 4.57. The Balaban J connectivity index is 2.27. The molecule has 0 saturated carbocycles. The van der Waals surface area contributed by atoms with E-state index in [0.717, 1.165) is 5.56 Å². The first-order valence-corrected chi connectivity index (χ1v) is 5.86. The van der Waals surface area contributed by atoms with Gasteiger partial charge in [0.1, 0.15) is 12.2 Å². The summed E-state index contributed by atoms with van der Waals surface area (Å²) in [5, 5.41) is 5.31. The zero-order chi connectivity index (χ0) is 11.5. The molecule has 0 bridgehead atoms. The lowest BCUT2D eigenvalue weighted by atomic mass is 10.2. The normalized spacial score (nSPS) is 10.7. The van der Waals surface area contributed by atoms with E-state index >= 15 is 0 Å². The lowest BCUT2D eigenvalue weighted by Crippen LogP contribution is -2.06. The molecule has 0 N–H and O–H groups in total. The van der Waals surface area contributed by atoms with Gasteiger partial charge in [0.25, 0.3) is 0 Å². The highest BCUT2D eigenvalue weighted by Crippen LogP contribution is 2.21. The van der Waals surface area contributed by atoms with Crippen LogP contribution in [0.2, 0.25) is 10.0 Å². The number of halogens is 3. The van der Waals surface area contributed by atoms with E-state index in [2.05, 4.69) is 10.1 Å². The average Bonchev–Trinajstić information content (AvgIpc) is 2.69. The summed E-state index contributed by atoms with van der Waals surface area (Å²) in [6, 6.07) is 5.36. The number of hydrogen-bond donors (Lipinski definition) is 0. The fourth-order valence-corrected chi connectivity index (χ4v) is 2.01. The van der Waals surface area contributed by atoms with Crippen molar-refractivity contribution >= 4 is 34.8 Å². The Hall–Kier alpha value is -0.770. The van der Waals surface area contributed by atoms with Crippen LogP contribution in [0.1, 0.15) is 11.4 Å². The molecule has 1 aromatic carbocycles. The Kier molecular flexibility index (Phi) is 3.69. The van der Waals surface area contributed by atoms with E-state index in [-0.39, 0.29) is 0 Å². The summed E-state index contributed by atoms with van der Waals surface area (Å²) in [7, 11) is 0. The summed E-state index contributed by atoms with van der Waals surface area (Å²) in [5.41, 5.74) is 0.933. The largest absolute Gasteiger partial charge is 0.244 e. The molecule has 0 aliphatic heterocycles. The maximum Gasteiger partial charge on any atom is 0.142 e. The number of benzene rings is 1. The quantitative estimate of drug-likeness (QED) is 0.805. The van der Waals surface area contributed by atoms with Crippen LogP contribution in [0.3, 0.4) is 0 Å². The van der Waals surface area contributed by atoms with Crippen LogP contribution in [0.4, 0.5) is 0 Å². The molecule has 0 saturated heterocycles. The van der Waals surface area contributed by atoms with Gasteiger partial charge in [-0.3, -0.25) is 0 Å². The molecule has 0 amide bonds. The highest BCUT2D eigenvalue weighted by Gasteiger charge is 2.06. The summed E-state index contributed by atoms with van der Waals surface area (Å²) in [5.74, 6) is 1.04. The van der Waals surface area contributed by atoms with Crippen LogP contribution in [0.5, 0.6) is 0 Å². The molecule has 1 aromatic heterocycles.